The van der Waals surface area contributed by atoms with E-state index in [2.05, 4.69) is 10.2 Å². The molecule has 0 aliphatic carbocycles. The summed E-state index contributed by atoms with van der Waals surface area (Å²) < 4.78 is 12.8. The van der Waals surface area contributed by atoms with Crippen LogP contribution >= 0.6 is 11.8 Å². The molecule has 0 bridgehead atoms. The first-order valence-corrected chi connectivity index (χ1v) is 8.06. The Bertz CT molecular complexity index is 460. The molecule has 1 aliphatic rings. The molecule has 7 nitrogen and oxygen atoms in total. The van der Waals surface area contributed by atoms with Crippen LogP contribution in [0.1, 0.15) is 25.1 Å². The predicted molar refractivity (Wildman–Crippen MR) is 77.6 cm³/mol. The largest absolute Gasteiger partial charge is 0.481 e. The van der Waals surface area contributed by atoms with Gasteiger partial charge in [-0.25, -0.2) is 0 Å². The average molecular weight is 315 g/mol. The van der Waals surface area contributed by atoms with E-state index in [1.54, 1.807) is 7.11 Å². The molecule has 0 amide bonds. The van der Waals surface area contributed by atoms with Crippen molar-refractivity contribution in [3.8, 4) is 0 Å². The van der Waals surface area contributed by atoms with Crippen molar-refractivity contribution < 1.29 is 19.4 Å². The summed E-state index contributed by atoms with van der Waals surface area (Å²) in [6.45, 7) is 1.96. The summed E-state index contributed by atoms with van der Waals surface area (Å²) in [5.74, 6) is -0.0456. The van der Waals surface area contributed by atoms with Crippen LogP contribution in [0.25, 0.3) is 0 Å². The lowest BCUT2D eigenvalue weighted by Gasteiger charge is -2.22. The molecule has 2 rings (SSSR count). The summed E-state index contributed by atoms with van der Waals surface area (Å²) >= 11 is 1.18. The van der Waals surface area contributed by atoms with Crippen LogP contribution in [-0.2, 0) is 27.2 Å². The number of ether oxygens (including phenoxy) is 2. The van der Waals surface area contributed by atoms with Gasteiger partial charge in [0.1, 0.15) is 5.82 Å². The molecule has 2 heterocycles. The van der Waals surface area contributed by atoms with Crippen molar-refractivity contribution in [3.05, 3.63) is 5.82 Å². The highest BCUT2D eigenvalue weighted by Gasteiger charge is 2.20. The Morgan fingerprint density at radius 1 is 1.52 bits per heavy atom. The summed E-state index contributed by atoms with van der Waals surface area (Å²) in [4.78, 5) is 10.7. The zero-order chi connectivity index (χ0) is 15.1. The second-order valence-electron chi connectivity index (χ2n) is 4.92. The maximum Gasteiger partial charge on any atom is 0.313 e. The molecule has 1 atom stereocenters. The van der Waals surface area contributed by atoms with Gasteiger partial charge in [-0.1, -0.05) is 11.8 Å². The minimum Gasteiger partial charge on any atom is -0.481 e. The zero-order valence-corrected chi connectivity index (χ0v) is 13.0. The fraction of sp³-hybridized carbons (Fsp3) is 0.769. The van der Waals surface area contributed by atoms with Crippen LogP contribution in [0.4, 0.5) is 0 Å². The number of nitrogens with zero attached hydrogens (tertiary/aromatic N) is 3. The third kappa shape index (κ3) is 4.98. The smallest absolute Gasteiger partial charge is 0.313 e. The molecular weight excluding hydrogens is 294 g/mol. The first-order chi connectivity index (χ1) is 10.2. The second kappa shape index (κ2) is 8.35. The summed E-state index contributed by atoms with van der Waals surface area (Å²) in [7, 11) is 1.64. The van der Waals surface area contributed by atoms with Gasteiger partial charge in [-0.05, 0) is 19.3 Å². The molecule has 0 aromatic carbocycles. The van der Waals surface area contributed by atoms with Gasteiger partial charge in [-0.2, -0.15) is 0 Å². The van der Waals surface area contributed by atoms with Crippen molar-refractivity contribution in [1.82, 2.24) is 14.8 Å². The van der Waals surface area contributed by atoms with Gasteiger partial charge in [-0.3, -0.25) is 4.79 Å². The molecular formula is C13H21N3O4S. The highest BCUT2D eigenvalue weighted by molar-refractivity contribution is 7.99. The van der Waals surface area contributed by atoms with E-state index in [0.717, 1.165) is 25.3 Å². The number of carboxylic acids is 1. The normalized spacial score (nSPS) is 18.8. The number of thioether (sulfide) groups is 1. The van der Waals surface area contributed by atoms with E-state index in [1.807, 2.05) is 4.57 Å². The lowest BCUT2D eigenvalue weighted by molar-refractivity contribution is -0.133. The molecule has 1 saturated heterocycles. The molecule has 118 valence electrons. The van der Waals surface area contributed by atoms with E-state index < -0.39 is 5.97 Å². The number of methoxy groups -OCH3 is 1. The minimum atomic E-state index is -0.863. The van der Waals surface area contributed by atoms with Crippen molar-refractivity contribution in [3.63, 3.8) is 0 Å². The topological polar surface area (TPSA) is 86.5 Å². The SMILES string of the molecule is COCCn1c(CC2CCCCO2)nnc1SCC(=O)O. The quantitative estimate of drug-likeness (QED) is 0.722. The van der Waals surface area contributed by atoms with Crippen molar-refractivity contribution in [2.75, 3.05) is 26.1 Å². The van der Waals surface area contributed by atoms with Gasteiger partial charge in [0.25, 0.3) is 0 Å². The third-order valence-corrected chi connectivity index (χ3v) is 4.27. The van der Waals surface area contributed by atoms with E-state index >= 15 is 0 Å². The number of rotatable bonds is 8. The van der Waals surface area contributed by atoms with E-state index in [0.29, 0.717) is 24.7 Å². The minimum absolute atomic E-state index is 0.0228. The number of carbonyl (C=O) groups is 1. The van der Waals surface area contributed by atoms with Gasteiger partial charge in [0.05, 0.1) is 18.5 Å². The number of aromatic nitrogens is 3. The Kier molecular flexibility index (Phi) is 6.47. The Morgan fingerprint density at radius 2 is 2.38 bits per heavy atom. The average Bonchev–Trinajstić information content (AvgIpc) is 2.86. The third-order valence-electron chi connectivity index (χ3n) is 3.32. The summed E-state index contributed by atoms with van der Waals surface area (Å²) in [6, 6.07) is 0. The highest BCUT2D eigenvalue weighted by atomic mass is 32.2. The zero-order valence-electron chi connectivity index (χ0n) is 12.2. The molecule has 21 heavy (non-hydrogen) atoms. The number of hydrogen-bond donors (Lipinski definition) is 1. The Balaban J connectivity index is 2.05. The van der Waals surface area contributed by atoms with Crippen molar-refractivity contribution in [1.29, 1.82) is 0 Å². The van der Waals surface area contributed by atoms with Crippen LogP contribution in [0.15, 0.2) is 5.16 Å². The summed E-state index contributed by atoms with van der Waals surface area (Å²) in [5.41, 5.74) is 0. The lowest BCUT2D eigenvalue weighted by Crippen LogP contribution is -2.23. The van der Waals surface area contributed by atoms with Gasteiger partial charge in [-0.15, -0.1) is 10.2 Å². The van der Waals surface area contributed by atoms with Crippen LogP contribution in [0.2, 0.25) is 0 Å². The van der Waals surface area contributed by atoms with Crippen LogP contribution in [-0.4, -0.2) is 58.0 Å². The van der Waals surface area contributed by atoms with E-state index in [9.17, 15) is 4.79 Å². The monoisotopic (exact) mass is 315 g/mol. The molecule has 0 spiro atoms. The van der Waals surface area contributed by atoms with Gasteiger partial charge in [0.15, 0.2) is 5.16 Å². The Morgan fingerprint density at radius 3 is 3.05 bits per heavy atom. The van der Waals surface area contributed by atoms with Crippen LogP contribution in [0.3, 0.4) is 0 Å². The van der Waals surface area contributed by atoms with E-state index in [4.69, 9.17) is 14.6 Å². The van der Waals surface area contributed by atoms with Crippen LogP contribution in [0, 0.1) is 0 Å². The standard InChI is InChI=1S/C13H21N3O4S/c1-19-7-5-16-11(8-10-4-2-3-6-20-10)14-15-13(16)21-9-12(17)18/h10H,2-9H2,1H3,(H,17,18). The molecule has 1 N–H and O–H groups in total. The second-order valence-corrected chi connectivity index (χ2v) is 5.86. The fourth-order valence-electron chi connectivity index (χ4n) is 2.28. The van der Waals surface area contributed by atoms with Crippen molar-refractivity contribution in [2.45, 2.75) is 43.5 Å². The maximum absolute atomic E-state index is 10.7. The number of carboxylic acid groups (broad SMARTS) is 1. The van der Waals surface area contributed by atoms with Crippen LogP contribution in [0.5, 0.6) is 0 Å². The van der Waals surface area contributed by atoms with Gasteiger partial charge < -0.3 is 19.1 Å². The molecule has 0 radical (unpaired) electrons. The predicted octanol–water partition coefficient (Wildman–Crippen LogP) is 1.21. The molecule has 1 unspecified atom stereocenters. The maximum atomic E-state index is 10.7. The lowest BCUT2D eigenvalue weighted by atomic mass is 10.1. The first-order valence-electron chi connectivity index (χ1n) is 7.08. The number of aliphatic carboxylic acids is 1. The van der Waals surface area contributed by atoms with Gasteiger partial charge >= 0.3 is 5.97 Å². The molecule has 1 aliphatic heterocycles. The molecule has 1 fully saturated rings. The summed E-state index contributed by atoms with van der Waals surface area (Å²) in [5, 5.41) is 17.7. The highest BCUT2D eigenvalue weighted by Crippen LogP contribution is 2.21. The summed E-state index contributed by atoms with van der Waals surface area (Å²) in [6.07, 6.45) is 4.23. The van der Waals surface area contributed by atoms with Crippen LogP contribution < -0.4 is 0 Å². The molecule has 8 heteroatoms. The van der Waals surface area contributed by atoms with Crippen molar-refractivity contribution in [2.24, 2.45) is 0 Å². The van der Waals surface area contributed by atoms with E-state index in [1.165, 1.54) is 18.2 Å². The fourth-order valence-corrected chi connectivity index (χ4v) is 2.99. The molecule has 0 saturated carbocycles. The number of hydrogen-bond acceptors (Lipinski definition) is 6. The van der Waals surface area contributed by atoms with Gasteiger partial charge in [0.2, 0.25) is 0 Å². The Hall–Kier alpha value is -1.12. The Labute approximate surface area is 128 Å². The molecule has 1 aromatic heterocycles. The molecule has 1 aromatic rings. The first kappa shape index (κ1) is 16.3. The van der Waals surface area contributed by atoms with Gasteiger partial charge in [0, 0.05) is 26.7 Å². The van der Waals surface area contributed by atoms with E-state index in [-0.39, 0.29) is 11.9 Å². The van der Waals surface area contributed by atoms with Crippen molar-refractivity contribution >= 4 is 17.7 Å².